The number of carbonyl (C=O) groups excluding carboxylic acids is 1. The van der Waals surface area contributed by atoms with E-state index in [2.05, 4.69) is 4.98 Å². The summed E-state index contributed by atoms with van der Waals surface area (Å²) in [7, 11) is 1.59. The van der Waals surface area contributed by atoms with Crippen LogP contribution in [0.3, 0.4) is 0 Å². The lowest BCUT2D eigenvalue weighted by Crippen LogP contribution is -2.04. The third-order valence-corrected chi connectivity index (χ3v) is 3.05. The second kappa shape index (κ2) is 6.14. The molecule has 0 amide bonds. The number of methoxy groups -OCH3 is 1. The minimum absolute atomic E-state index is 0.109. The van der Waals surface area contributed by atoms with Crippen LogP contribution in [0.5, 0.6) is 5.75 Å². The molecule has 1 aromatic heterocycles. The molecule has 0 N–H and O–H groups in total. The number of aromatic nitrogens is 1. The molecule has 0 saturated heterocycles. The summed E-state index contributed by atoms with van der Waals surface area (Å²) < 4.78 is 5.24. The molecule has 98 valence electrons. The Morgan fingerprint density at radius 1 is 1.21 bits per heavy atom. The van der Waals surface area contributed by atoms with E-state index in [9.17, 15) is 4.79 Å². The molecule has 0 aliphatic heterocycles. The SMILES string of the molecule is COc1ccc(C)cc1C(=O)CCc1ccncc1. The Bertz CT molecular complexity index is 564. The first kappa shape index (κ1) is 13.3. The van der Waals surface area contributed by atoms with Crippen LogP contribution < -0.4 is 4.74 Å². The van der Waals surface area contributed by atoms with Gasteiger partial charge in [0, 0.05) is 18.8 Å². The lowest BCUT2D eigenvalue weighted by molar-refractivity contribution is 0.0980. The highest BCUT2D eigenvalue weighted by Gasteiger charge is 2.12. The van der Waals surface area contributed by atoms with Gasteiger partial charge in [-0.05, 0) is 43.2 Å². The number of ketones is 1. The highest BCUT2D eigenvalue weighted by atomic mass is 16.5. The summed E-state index contributed by atoms with van der Waals surface area (Å²) in [6, 6.07) is 9.53. The van der Waals surface area contributed by atoms with Gasteiger partial charge in [0.15, 0.2) is 5.78 Å². The van der Waals surface area contributed by atoms with Crippen LogP contribution in [0.1, 0.15) is 27.9 Å². The van der Waals surface area contributed by atoms with Crippen LogP contribution in [-0.4, -0.2) is 17.9 Å². The van der Waals surface area contributed by atoms with Gasteiger partial charge in [-0.25, -0.2) is 0 Å². The number of nitrogens with zero attached hydrogens (tertiary/aromatic N) is 1. The smallest absolute Gasteiger partial charge is 0.166 e. The molecule has 0 spiro atoms. The molecular weight excluding hydrogens is 238 g/mol. The molecule has 0 radical (unpaired) electrons. The van der Waals surface area contributed by atoms with Crippen molar-refractivity contribution in [2.45, 2.75) is 19.8 Å². The van der Waals surface area contributed by atoms with Crippen LogP contribution in [0, 0.1) is 6.92 Å². The first-order valence-corrected chi connectivity index (χ1v) is 6.27. The number of Topliss-reactive ketones (excluding diaryl/α,β-unsaturated/α-hetero) is 1. The fourth-order valence-electron chi connectivity index (χ4n) is 1.98. The van der Waals surface area contributed by atoms with Gasteiger partial charge in [-0.15, -0.1) is 0 Å². The topological polar surface area (TPSA) is 39.2 Å². The maximum Gasteiger partial charge on any atom is 0.166 e. The zero-order chi connectivity index (χ0) is 13.7. The van der Waals surface area contributed by atoms with Gasteiger partial charge >= 0.3 is 0 Å². The van der Waals surface area contributed by atoms with Crippen LogP contribution in [0.25, 0.3) is 0 Å². The summed E-state index contributed by atoms with van der Waals surface area (Å²) in [6.45, 7) is 1.97. The predicted octanol–water partition coefficient (Wildman–Crippen LogP) is 3.21. The Morgan fingerprint density at radius 3 is 2.63 bits per heavy atom. The van der Waals surface area contributed by atoms with Gasteiger partial charge in [-0.1, -0.05) is 11.6 Å². The molecule has 1 heterocycles. The molecule has 19 heavy (non-hydrogen) atoms. The van der Waals surface area contributed by atoms with Gasteiger partial charge in [0.2, 0.25) is 0 Å². The van der Waals surface area contributed by atoms with E-state index in [1.54, 1.807) is 19.5 Å². The van der Waals surface area contributed by atoms with E-state index in [-0.39, 0.29) is 5.78 Å². The Labute approximate surface area is 113 Å². The summed E-state index contributed by atoms with van der Waals surface area (Å²) in [6.07, 6.45) is 4.68. The monoisotopic (exact) mass is 255 g/mol. The lowest BCUT2D eigenvalue weighted by Gasteiger charge is -2.08. The number of hydrogen-bond acceptors (Lipinski definition) is 3. The molecule has 3 nitrogen and oxygen atoms in total. The van der Waals surface area contributed by atoms with E-state index in [0.29, 0.717) is 17.7 Å². The van der Waals surface area contributed by atoms with Gasteiger partial charge in [0.1, 0.15) is 5.75 Å². The molecule has 0 aliphatic carbocycles. The quantitative estimate of drug-likeness (QED) is 0.770. The number of ether oxygens (including phenoxy) is 1. The number of carbonyl (C=O) groups is 1. The molecule has 3 heteroatoms. The molecule has 1 aromatic carbocycles. The highest BCUT2D eigenvalue weighted by molar-refractivity contribution is 5.98. The normalized spacial score (nSPS) is 10.2. The first-order valence-electron chi connectivity index (χ1n) is 6.27. The molecular formula is C16H17NO2. The minimum Gasteiger partial charge on any atom is -0.496 e. The molecule has 0 unspecified atom stereocenters. The third-order valence-electron chi connectivity index (χ3n) is 3.05. The maximum atomic E-state index is 12.3. The summed E-state index contributed by atoms with van der Waals surface area (Å²) in [5.41, 5.74) is 2.85. The molecule has 2 rings (SSSR count). The zero-order valence-corrected chi connectivity index (χ0v) is 11.2. The van der Waals surface area contributed by atoms with Crippen molar-refractivity contribution in [2.24, 2.45) is 0 Å². The van der Waals surface area contributed by atoms with E-state index >= 15 is 0 Å². The number of hydrogen-bond donors (Lipinski definition) is 0. The van der Waals surface area contributed by atoms with Gasteiger partial charge in [0.05, 0.1) is 12.7 Å². The number of benzene rings is 1. The van der Waals surface area contributed by atoms with Crippen LogP contribution in [-0.2, 0) is 6.42 Å². The second-order valence-electron chi connectivity index (χ2n) is 4.48. The summed E-state index contributed by atoms with van der Waals surface area (Å²) in [5.74, 6) is 0.752. The molecule has 0 fully saturated rings. The first-order chi connectivity index (χ1) is 9.20. The predicted molar refractivity (Wildman–Crippen MR) is 74.6 cm³/mol. The third kappa shape index (κ3) is 3.41. The van der Waals surface area contributed by atoms with Crippen molar-refractivity contribution in [1.29, 1.82) is 0 Å². The lowest BCUT2D eigenvalue weighted by atomic mass is 10.0. The average Bonchev–Trinajstić information content (AvgIpc) is 2.46. The van der Waals surface area contributed by atoms with E-state index < -0.39 is 0 Å². The summed E-state index contributed by atoms with van der Waals surface area (Å²) >= 11 is 0. The Balaban J connectivity index is 2.10. The summed E-state index contributed by atoms with van der Waals surface area (Å²) in [5, 5.41) is 0. The van der Waals surface area contributed by atoms with Crippen molar-refractivity contribution in [3.8, 4) is 5.75 Å². The number of rotatable bonds is 5. The summed E-state index contributed by atoms with van der Waals surface area (Å²) in [4.78, 5) is 16.2. The Kier molecular flexibility index (Phi) is 4.29. The van der Waals surface area contributed by atoms with Crippen molar-refractivity contribution in [3.63, 3.8) is 0 Å². The Morgan fingerprint density at radius 2 is 1.95 bits per heavy atom. The number of pyridine rings is 1. The standard InChI is InChI=1S/C16H17NO2/c1-12-3-6-16(19-2)14(11-12)15(18)5-4-13-7-9-17-10-8-13/h3,6-11H,4-5H2,1-2H3. The van der Waals surface area contributed by atoms with Crippen LogP contribution >= 0.6 is 0 Å². The fraction of sp³-hybridized carbons (Fsp3) is 0.250. The molecule has 0 aliphatic rings. The van der Waals surface area contributed by atoms with E-state index in [0.717, 1.165) is 17.5 Å². The Hall–Kier alpha value is -2.16. The zero-order valence-electron chi connectivity index (χ0n) is 11.2. The van der Waals surface area contributed by atoms with Crippen molar-refractivity contribution < 1.29 is 9.53 Å². The van der Waals surface area contributed by atoms with Crippen LogP contribution in [0.2, 0.25) is 0 Å². The van der Waals surface area contributed by atoms with Crippen molar-refractivity contribution >= 4 is 5.78 Å². The average molecular weight is 255 g/mol. The van der Waals surface area contributed by atoms with Gasteiger partial charge in [-0.2, -0.15) is 0 Å². The molecule has 0 atom stereocenters. The fourth-order valence-corrected chi connectivity index (χ4v) is 1.98. The maximum absolute atomic E-state index is 12.3. The number of aryl methyl sites for hydroxylation is 2. The van der Waals surface area contributed by atoms with Crippen molar-refractivity contribution in [3.05, 3.63) is 59.4 Å². The highest BCUT2D eigenvalue weighted by Crippen LogP contribution is 2.21. The van der Waals surface area contributed by atoms with Crippen molar-refractivity contribution in [1.82, 2.24) is 4.98 Å². The second-order valence-corrected chi connectivity index (χ2v) is 4.48. The minimum atomic E-state index is 0.109. The van der Waals surface area contributed by atoms with Crippen LogP contribution in [0.4, 0.5) is 0 Å². The van der Waals surface area contributed by atoms with E-state index in [1.165, 1.54) is 0 Å². The molecule has 0 bridgehead atoms. The van der Waals surface area contributed by atoms with Gasteiger partial charge < -0.3 is 4.74 Å². The van der Waals surface area contributed by atoms with E-state index in [1.807, 2.05) is 37.3 Å². The van der Waals surface area contributed by atoms with Gasteiger partial charge in [0.25, 0.3) is 0 Å². The van der Waals surface area contributed by atoms with Crippen molar-refractivity contribution in [2.75, 3.05) is 7.11 Å². The molecule has 0 saturated carbocycles. The largest absolute Gasteiger partial charge is 0.496 e. The van der Waals surface area contributed by atoms with E-state index in [4.69, 9.17) is 4.74 Å². The van der Waals surface area contributed by atoms with Crippen LogP contribution in [0.15, 0.2) is 42.7 Å². The van der Waals surface area contributed by atoms with Gasteiger partial charge in [-0.3, -0.25) is 9.78 Å². The molecule has 2 aromatic rings.